The standard InChI is InChI=1S/C20H23NO4/c1-4-5-12-25-18-11-8-16(13-19(18)24-3)20(23)21-17-9-6-15(7-10-17)14(2)22/h6-11,13H,4-5,12H2,1-3H3,(H,21,23). The van der Waals surface area contributed by atoms with Gasteiger partial charge in [-0.1, -0.05) is 13.3 Å². The first-order valence-electron chi connectivity index (χ1n) is 8.28. The monoisotopic (exact) mass is 341 g/mol. The Morgan fingerprint density at radius 1 is 1.00 bits per heavy atom. The second kappa shape index (κ2) is 8.87. The van der Waals surface area contributed by atoms with Gasteiger partial charge in [0.1, 0.15) is 0 Å². The van der Waals surface area contributed by atoms with E-state index in [9.17, 15) is 9.59 Å². The molecule has 25 heavy (non-hydrogen) atoms. The molecule has 132 valence electrons. The van der Waals surface area contributed by atoms with Crippen molar-refractivity contribution in [1.29, 1.82) is 0 Å². The first-order chi connectivity index (χ1) is 12.0. The van der Waals surface area contributed by atoms with E-state index in [1.54, 1.807) is 49.6 Å². The van der Waals surface area contributed by atoms with Gasteiger partial charge in [-0.2, -0.15) is 0 Å². The summed E-state index contributed by atoms with van der Waals surface area (Å²) in [6, 6.07) is 11.9. The van der Waals surface area contributed by atoms with E-state index < -0.39 is 0 Å². The summed E-state index contributed by atoms with van der Waals surface area (Å²) in [6.45, 7) is 4.21. The predicted molar refractivity (Wildman–Crippen MR) is 97.8 cm³/mol. The lowest BCUT2D eigenvalue weighted by atomic mass is 10.1. The molecule has 0 unspecified atom stereocenters. The summed E-state index contributed by atoms with van der Waals surface area (Å²) in [5.41, 5.74) is 1.70. The Balaban J connectivity index is 2.09. The van der Waals surface area contributed by atoms with Gasteiger partial charge in [-0.05, 0) is 55.8 Å². The highest BCUT2D eigenvalue weighted by Crippen LogP contribution is 2.28. The van der Waals surface area contributed by atoms with Crippen LogP contribution in [0.1, 0.15) is 47.4 Å². The van der Waals surface area contributed by atoms with Crippen molar-refractivity contribution in [2.75, 3.05) is 19.0 Å². The molecule has 2 aromatic carbocycles. The molecule has 0 spiro atoms. The zero-order chi connectivity index (χ0) is 18.2. The number of unbranched alkanes of at least 4 members (excludes halogenated alkanes) is 1. The third-order valence-electron chi connectivity index (χ3n) is 3.73. The molecule has 0 bridgehead atoms. The predicted octanol–water partition coefficient (Wildman–Crippen LogP) is 4.33. The summed E-state index contributed by atoms with van der Waals surface area (Å²) in [5, 5.41) is 2.80. The number of amides is 1. The number of methoxy groups -OCH3 is 1. The topological polar surface area (TPSA) is 64.6 Å². The summed E-state index contributed by atoms with van der Waals surface area (Å²) in [4.78, 5) is 23.7. The van der Waals surface area contributed by atoms with Gasteiger partial charge in [0.2, 0.25) is 0 Å². The van der Waals surface area contributed by atoms with Crippen molar-refractivity contribution in [3.05, 3.63) is 53.6 Å². The van der Waals surface area contributed by atoms with Crippen LogP contribution in [-0.2, 0) is 0 Å². The summed E-state index contributed by atoms with van der Waals surface area (Å²) in [6.07, 6.45) is 2.01. The number of carbonyl (C=O) groups is 2. The number of hydrogen-bond acceptors (Lipinski definition) is 4. The Morgan fingerprint density at radius 2 is 1.68 bits per heavy atom. The third kappa shape index (κ3) is 5.08. The molecule has 0 aliphatic carbocycles. The van der Waals surface area contributed by atoms with Crippen LogP contribution in [0, 0.1) is 0 Å². The van der Waals surface area contributed by atoms with Gasteiger partial charge in [0.25, 0.3) is 5.91 Å². The van der Waals surface area contributed by atoms with Gasteiger partial charge in [-0.15, -0.1) is 0 Å². The Bertz CT molecular complexity index is 738. The maximum absolute atomic E-state index is 12.4. The molecule has 0 fully saturated rings. The highest BCUT2D eigenvalue weighted by Gasteiger charge is 2.12. The number of rotatable bonds is 8. The maximum atomic E-state index is 12.4. The van der Waals surface area contributed by atoms with Crippen LogP contribution in [-0.4, -0.2) is 25.4 Å². The van der Waals surface area contributed by atoms with Crippen LogP contribution in [0.4, 0.5) is 5.69 Å². The van der Waals surface area contributed by atoms with Crippen molar-refractivity contribution in [2.24, 2.45) is 0 Å². The van der Waals surface area contributed by atoms with Gasteiger partial charge in [0.05, 0.1) is 13.7 Å². The van der Waals surface area contributed by atoms with Gasteiger partial charge in [-0.25, -0.2) is 0 Å². The highest BCUT2D eigenvalue weighted by atomic mass is 16.5. The largest absolute Gasteiger partial charge is 0.493 e. The molecule has 0 aliphatic heterocycles. The molecule has 0 atom stereocenters. The van der Waals surface area contributed by atoms with E-state index in [-0.39, 0.29) is 11.7 Å². The molecule has 0 saturated carbocycles. The molecule has 5 heteroatoms. The number of hydrogen-bond donors (Lipinski definition) is 1. The molecule has 0 aromatic heterocycles. The summed E-state index contributed by atoms with van der Waals surface area (Å²) >= 11 is 0. The van der Waals surface area contributed by atoms with Crippen LogP contribution in [0.15, 0.2) is 42.5 Å². The Morgan fingerprint density at radius 3 is 2.28 bits per heavy atom. The average molecular weight is 341 g/mol. The Hall–Kier alpha value is -2.82. The second-order valence-electron chi connectivity index (χ2n) is 5.66. The van der Waals surface area contributed by atoms with Crippen LogP contribution < -0.4 is 14.8 Å². The average Bonchev–Trinajstić information content (AvgIpc) is 2.62. The van der Waals surface area contributed by atoms with Crippen molar-refractivity contribution in [1.82, 2.24) is 0 Å². The normalized spacial score (nSPS) is 10.2. The van der Waals surface area contributed by atoms with Crippen LogP contribution in [0.25, 0.3) is 0 Å². The molecule has 2 rings (SSSR count). The molecular weight excluding hydrogens is 318 g/mol. The lowest BCUT2D eigenvalue weighted by molar-refractivity contribution is 0.101. The van der Waals surface area contributed by atoms with Crippen LogP contribution >= 0.6 is 0 Å². The minimum absolute atomic E-state index is 0.0127. The first-order valence-corrected chi connectivity index (χ1v) is 8.28. The Kier molecular flexibility index (Phi) is 6.57. The molecule has 1 amide bonds. The molecule has 0 radical (unpaired) electrons. The van der Waals surface area contributed by atoms with E-state index in [1.807, 2.05) is 0 Å². The number of carbonyl (C=O) groups excluding carboxylic acids is 2. The third-order valence-corrected chi connectivity index (χ3v) is 3.73. The molecule has 1 N–H and O–H groups in total. The van der Waals surface area contributed by atoms with Crippen molar-refractivity contribution in [3.63, 3.8) is 0 Å². The van der Waals surface area contributed by atoms with Gasteiger partial charge >= 0.3 is 0 Å². The summed E-state index contributed by atoms with van der Waals surface area (Å²) in [7, 11) is 1.55. The fourth-order valence-electron chi connectivity index (χ4n) is 2.25. The fourth-order valence-corrected chi connectivity index (χ4v) is 2.25. The van der Waals surface area contributed by atoms with E-state index in [4.69, 9.17) is 9.47 Å². The molecule has 0 heterocycles. The minimum atomic E-state index is -0.256. The van der Waals surface area contributed by atoms with Crippen LogP contribution in [0.2, 0.25) is 0 Å². The number of nitrogens with one attached hydrogen (secondary N) is 1. The second-order valence-corrected chi connectivity index (χ2v) is 5.66. The quantitative estimate of drug-likeness (QED) is 0.573. The number of ketones is 1. The SMILES string of the molecule is CCCCOc1ccc(C(=O)Nc2ccc(C(C)=O)cc2)cc1OC. The van der Waals surface area contributed by atoms with Crippen LogP contribution in [0.5, 0.6) is 11.5 Å². The van der Waals surface area contributed by atoms with Crippen molar-refractivity contribution < 1.29 is 19.1 Å². The molecule has 0 aliphatic rings. The van der Waals surface area contributed by atoms with Crippen molar-refractivity contribution >= 4 is 17.4 Å². The zero-order valence-corrected chi connectivity index (χ0v) is 14.8. The lowest BCUT2D eigenvalue weighted by Gasteiger charge is -2.12. The molecule has 5 nitrogen and oxygen atoms in total. The van der Waals surface area contributed by atoms with Crippen molar-refractivity contribution in [3.8, 4) is 11.5 Å². The lowest BCUT2D eigenvalue weighted by Crippen LogP contribution is -2.12. The van der Waals surface area contributed by atoms with E-state index in [0.717, 1.165) is 12.8 Å². The molecular formula is C20H23NO4. The molecule has 0 saturated heterocycles. The smallest absolute Gasteiger partial charge is 0.255 e. The van der Waals surface area contributed by atoms with Crippen LogP contribution in [0.3, 0.4) is 0 Å². The summed E-state index contributed by atoms with van der Waals surface area (Å²) < 4.78 is 11.0. The number of benzene rings is 2. The van der Waals surface area contributed by atoms with Gasteiger partial charge < -0.3 is 14.8 Å². The van der Waals surface area contributed by atoms with E-state index in [0.29, 0.717) is 34.9 Å². The van der Waals surface area contributed by atoms with Gasteiger partial charge in [0, 0.05) is 16.8 Å². The van der Waals surface area contributed by atoms with Gasteiger partial charge in [0.15, 0.2) is 17.3 Å². The first kappa shape index (κ1) is 18.5. The highest BCUT2D eigenvalue weighted by molar-refractivity contribution is 6.05. The van der Waals surface area contributed by atoms with E-state index >= 15 is 0 Å². The molecule has 2 aromatic rings. The summed E-state index contributed by atoms with van der Waals surface area (Å²) in [5.74, 6) is 0.879. The number of anilines is 1. The minimum Gasteiger partial charge on any atom is -0.493 e. The Labute approximate surface area is 148 Å². The number of Topliss-reactive ketones (excluding diaryl/α,β-unsaturated/α-hetero) is 1. The zero-order valence-electron chi connectivity index (χ0n) is 14.8. The number of ether oxygens (including phenoxy) is 2. The fraction of sp³-hybridized carbons (Fsp3) is 0.300. The van der Waals surface area contributed by atoms with E-state index in [2.05, 4.69) is 12.2 Å². The van der Waals surface area contributed by atoms with E-state index in [1.165, 1.54) is 6.92 Å². The van der Waals surface area contributed by atoms with Crippen molar-refractivity contribution in [2.45, 2.75) is 26.7 Å². The maximum Gasteiger partial charge on any atom is 0.255 e. The van der Waals surface area contributed by atoms with Gasteiger partial charge in [-0.3, -0.25) is 9.59 Å².